The van der Waals surface area contributed by atoms with E-state index in [1.165, 1.54) is 0 Å². The van der Waals surface area contributed by atoms with Crippen LogP contribution >= 0.6 is 0 Å². The molecule has 0 aliphatic heterocycles. The zero-order chi connectivity index (χ0) is 19.3. The summed E-state index contributed by atoms with van der Waals surface area (Å²) in [6, 6.07) is 22.2. The summed E-state index contributed by atoms with van der Waals surface area (Å²) in [7, 11) is 4.14. The van der Waals surface area contributed by atoms with Gasteiger partial charge in [-0.15, -0.1) is 0 Å². The summed E-state index contributed by atoms with van der Waals surface area (Å²) in [6.07, 6.45) is 2.81. The van der Waals surface area contributed by atoms with Crippen LogP contribution in [0.4, 0.5) is 0 Å². The quantitative estimate of drug-likeness (QED) is 0.451. The Morgan fingerprint density at radius 1 is 0.929 bits per heavy atom. The van der Waals surface area contributed by atoms with Crippen LogP contribution in [0.25, 0.3) is 28.0 Å². The van der Waals surface area contributed by atoms with E-state index in [4.69, 9.17) is 9.84 Å². The molecular formula is C23H24N4O. The number of ether oxygens (including phenoxy) is 1. The van der Waals surface area contributed by atoms with E-state index in [0.29, 0.717) is 6.61 Å². The molecule has 5 heteroatoms. The average Bonchev–Trinajstić information content (AvgIpc) is 3.12. The van der Waals surface area contributed by atoms with Gasteiger partial charge in [-0.1, -0.05) is 18.2 Å². The zero-order valence-electron chi connectivity index (χ0n) is 16.2. The normalized spacial score (nSPS) is 11.2. The Bertz CT molecular complexity index is 1040. The summed E-state index contributed by atoms with van der Waals surface area (Å²) < 4.78 is 7.74. The van der Waals surface area contributed by atoms with E-state index < -0.39 is 0 Å². The third-order valence-corrected chi connectivity index (χ3v) is 4.59. The van der Waals surface area contributed by atoms with Crippen LogP contribution in [0.1, 0.15) is 6.42 Å². The molecule has 5 nitrogen and oxygen atoms in total. The molecule has 142 valence electrons. The van der Waals surface area contributed by atoms with Gasteiger partial charge in [0.15, 0.2) is 5.65 Å². The van der Waals surface area contributed by atoms with Gasteiger partial charge in [0.2, 0.25) is 0 Å². The zero-order valence-corrected chi connectivity index (χ0v) is 16.2. The Morgan fingerprint density at radius 3 is 2.46 bits per heavy atom. The van der Waals surface area contributed by atoms with E-state index in [1.807, 2.05) is 53.2 Å². The van der Waals surface area contributed by atoms with Gasteiger partial charge in [0.25, 0.3) is 0 Å². The molecule has 0 radical (unpaired) electrons. The Kier molecular flexibility index (Phi) is 5.35. The number of aromatic nitrogens is 3. The van der Waals surface area contributed by atoms with E-state index in [1.54, 1.807) is 6.20 Å². The van der Waals surface area contributed by atoms with Gasteiger partial charge in [-0.2, -0.15) is 5.10 Å². The molecule has 0 spiro atoms. The highest BCUT2D eigenvalue weighted by atomic mass is 16.5. The van der Waals surface area contributed by atoms with Crippen molar-refractivity contribution < 1.29 is 4.74 Å². The number of benzene rings is 2. The minimum atomic E-state index is 0.715. The number of rotatable bonds is 7. The van der Waals surface area contributed by atoms with Gasteiger partial charge in [-0.25, -0.2) is 9.67 Å². The lowest BCUT2D eigenvalue weighted by Gasteiger charge is -2.10. The second-order valence-electron chi connectivity index (χ2n) is 7.00. The monoisotopic (exact) mass is 372 g/mol. The van der Waals surface area contributed by atoms with Crippen molar-refractivity contribution in [2.45, 2.75) is 6.42 Å². The third kappa shape index (κ3) is 3.89. The standard InChI is InChI=1S/C23H24N4O/c1-26(2)16-7-17-28-20-13-11-18(12-14-20)22-21-10-6-15-24-23(21)27(25-22)19-8-4-3-5-9-19/h3-6,8-15H,7,16-17H2,1-2H3. The number of nitrogens with zero attached hydrogens (tertiary/aromatic N) is 4. The summed E-state index contributed by atoms with van der Waals surface area (Å²) in [6.45, 7) is 1.74. The first kappa shape index (κ1) is 18.2. The fraction of sp³-hybridized carbons (Fsp3) is 0.217. The van der Waals surface area contributed by atoms with Crippen molar-refractivity contribution in [2.24, 2.45) is 0 Å². The predicted octanol–water partition coefficient (Wildman–Crippen LogP) is 4.42. The fourth-order valence-corrected chi connectivity index (χ4v) is 3.19. The van der Waals surface area contributed by atoms with Gasteiger partial charge in [0, 0.05) is 23.7 Å². The Hall–Kier alpha value is -3.18. The van der Waals surface area contributed by atoms with Crippen molar-refractivity contribution in [3.8, 4) is 22.7 Å². The molecule has 0 atom stereocenters. The molecular weight excluding hydrogens is 348 g/mol. The number of pyridine rings is 1. The SMILES string of the molecule is CN(C)CCCOc1ccc(-c2nn(-c3ccccc3)c3ncccc23)cc1. The highest BCUT2D eigenvalue weighted by Gasteiger charge is 2.14. The van der Waals surface area contributed by atoms with Crippen LogP contribution in [0.15, 0.2) is 72.9 Å². The molecule has 0 saturated carbocycles. The summed E-state index contributed by atoms with van der Waals surface area (Å²) in [5.74, 6) is 0.882. The van der Waals surface area contributed by atoms with Crippen LogP contribution < -0.4 is 4.74 Å². The van der Waals surface area contributed by atoms with E-state index in [9.17, 15) is 0 Å². The largest absolute Gasteiger partial charge is 0.494 e. The first-order chi connectivity index (χ1) is 13.7. The van der Waals surface area contributed by atoms with Crippen molar-refractivity contribution in [1.29, 1.82) is 0 Å². The number of fused-ring (bicyclic) bond motifs is 1. The van der Waals surface area contributed by atoms with Crippen LogP contribution in [0, 0.1) is 0 Å². The summed E-state index contributed by atoms with van der Waals surface area (Å²) >= 11 is 0. The summed E-state index contributed by atoms with van der Waals surface area (Å²) in [4.78, 5) is 6.72. The minimum absolute atomic E-state index is 0.715. The predicted molar refractivity (Wildman–Crippen MR) is 113 cm³/mol. The van der Waals surface area contributed by atoms with Crippen molar-refractivity contribution >= 4 is 11.0 Å². The molecule has 0 N–H and O–H groups in total. The topological polar surface area (TPSA) is 43.2 Å². The minimum Gasteiger partial charge on any atom is -0.494 e. The van der Waals surface area contributed by atoms with Gasteiger partial charge < -0.3 is 9.64 Å². The van der Waals surface area contributed by atoms with Crippen molar-refractivity contribution in [2.75, 3.05) is 27.2 Å². The third-order valence-electron chi connectivity index (χ3n) is 4.59. The van der Waals surface area contributed by atoms with Crippen molar-refractivity contribution in [3.05, 3.63) is 72.9 Å². The molecule has 0 amide bonds. The summed E-state index contributed by atoms with van der Waals surface area (Å²) in [5.41, 5.74) is 3.82. The van der Waals surface area contributed by atoms with E-state index in [2.05, 4.69) is 42.2 Å². The Labute approximate surface area is 165 Å². The first-order valence-electron chi connectivity index (χ1n) is 9.49. The van der Waals surface area contributed by atoms with Crippen molar-refractivity contribution in [1.82, 2.24) is 19.7 Å². The molecule has 2 aromatic heterocycles. The average molecular weight is 372 g/mol. The number of hydrogen-bond donors (Lipinski definition) is 0. The molecule has 0 bridgehead atoms. The van der Waals surface area contributed by atoms with Gasteiger partial charge >= 0.3 is 0 Å². The maximum atomic E-state index is 5.84. The van der Waals surface area contributed by atoms with Crippen LogP contribution in [-0.2, 0) is 0 Å². The van der Waals surface area contributed by atoms with E-state index in [0.717, 1.165) is 46.7 Å². The van der Waals surface area contributed by atoms with Crippen molar-refractivity contribution in [3.63, 3.8) is 0 Å². The van der Waals surface area contributed by atoms with E-state index in [-0.39, 0.29) is 0 Å². The lowest BCUT2D eigenvalue weighted by atomic mass is 10.1. The molecule has 4 aromatic rings. The molecule has 0 saturated heterocycles. The Balaban J connectivity index is 1.61. The molecule has 2 aromatic carbocycles. The number of para-hydroxylation sites is 1. The smallest absolute Gasteiger partial charge is 0.163 e. The molecule has 4 rings (SSSR count). The van der Waals surface area contributed by atoms with Gasteiger partial charge in [-0.05, 0) is 69.0 Å². The highest BCUT2D eigenvalue weighted by molar-refractivity contribution is 5.92. The lowest BCUT2D eigenvalue weighted by molar-refractivity contribution is 0.281. The molecule has 0 fully saturated rings. The molecule has 0 aliphatic carbocycles. The second-order valence-corrected chi connectivity index (χ2v) is 7.00. The molecule has 0 unspecified atom stereocenters. The fourth-order valence-electron chi connectivity index (χ4n) is 3.19. The van der Waals surface area contributed by atoms with Gasteiger partial charge in [-0.3, -0.25) is 0 Å². The lowest BCUT2D eigenvalue weighted by Crippen LogP contribution is -2.15. The maximum Gasteiger partial charge on any atom is 0.163 e. The van der Waals surface area contributed by atoms with Crippen LogP contribution in [0.3, 0.4) is 0 Å². The summed E-state index contributed by atoms with van der Waals surface area (Å²) in [5, 5.41) is 5.90. The highest BCUT2D eigenvalue weighted by Crippen LogP contribution is 2.29. The van der Waals surface area contributed by atoms with Gasteiger partial charge in [0.1, 0.15) is 11.4 Å². The second kappa shape index (κ2) is 8.23. The Morgan fingerprint density at radius 2 is 1.71 bits per heavy atom. The van der Waals surface area contributed by atoms with Gasteiger partial charge in [0.05, 0.1) is 12.3 Å². The maximum absolute atomic E-state index is 5.84. The molecule has 0 aliphatic rings. The van der Waals surface area contributed by atoms with E-state index >= 15 is 0 Å². The van der Waals surface area contributed by atoms with Crippen LogP contribution in [0.2, 0.25) is 0 Å². The van der Waals surface area contributed by atoms with Crippen LogP contribution in [-0.4, -0.2) is 46.9 Å². The molecule has 28 heavy (non-hydrogen) atoms. The first-order valence-corrected chi connectivity index (χ1v) is 9.49. The molecule has 2 heterocycles. The van der Waals surface area contributed by atoms with Crippen LogP contribution in [0.5, 0.6) is 5.75 Å². The number of hydrogen-bond acceptors (Lipinski definition) is 4.